The quantitative estimate of drug-likeness (QED) is 0.535. The number of hydrogen-bond donors (Lipinski definition) is 3. The predicted molar refractivity (Wildman–Crippen MR) is 48.9 cm³/mol. The van der Waals surface area contributed by atoms with Crippen LogP contribution in [-0.4, -0.2) is 22.8 Å². The zero-order chi connectivity index (χ0) is 11.7. The Bertz CT molecular complexity index is 490. The molecule has 0 heterocycles. The SMILES string of the molecule is O=P(O)(O)Oc1ccc(S(=O)(=O)O)cc1.[Zr]. The van der Waals surface area contributed by atoms with Crippen molar-refractivity contribution in [1.29, 1.82) is 0 Å². The molecule has 0 unspecified atom stereocenters. The van der Waals surface area contributed by atoms with E-state index in [0.29, 0.717) is 0 Å². The second kappa shape index (κ2) is 5.53. The molecule has 1 aromatic rings. The Balaban J connectivity index is 0.00000225. The van der Waals surface area contributed by atoms with E-state index in [1.807, 2.05) is 0 Å². The van der Waals surface area contributed by atoms with Gasteiger partial charge in [0.25, 0.3) is 10.1 Å². The Labute approximate surface area is 111 Å². The molecule has 0 radical (unpaired) electrons. The van der Waals surface area contributed by atoms with Gasteiger partial charge < -0.3 is 4.52 Å². The summed E-state index contributed by atoms with van der Waals surface area (Å²) < 4.78 is 44.3. The predicted octanol–water partition coefficient (Wildman–Crippen LogP) is 0.402. The zero-order valence-electron chi connectivity index (χ0n) is 7.64. The van der Waals surface area contributed by atoms with E-state index >= 15 is 0 Å². The van der Waals surface area contributed by atoms with Gasteiger partial charge in [-0.25, -0.2) is 4.57 Å². The van der Waals surface area contributed by atoms with Crippen molar-refractivity contribution < 1.29 is 58.0 Å². The minimum absolute atomic E-state index is 0. The van der Waals surface area contributed by atoms with Crippen LogP contribution in [0.4, 0.5) is 0 Å². The maximum absolute atomic E-state index is 10.6. The van der Waals surface area contributed by atoms with Gasteiger partial charge in [-0.2, -0.15) is 8.42 Å². The number of benzene rings is 1. The first-order chi connectivity index (χ1) is 6.68. The number of hydrogen-bond acceptors (Lipinski definition) is 4. The van der Waals surface area contributed by atoms with E-state index in [-0.39, 0.29) is 36.8 Å². The average molecular weight is 345 g/mol. The van der Waals surface area contributed by atoms with Crippen LogP contribution in [0.25, 0.3) is 0 Å². The molecule has 10 heteroatoms. The third-order valence-electron chi connectivity index (χ3n) is 1.35. The smallest absolute Gasteiger partial charge is 0.404 e. The van der Waals surface area contributed by atoms with Crippen LogP contribution in [0.1, 0.15) is 0 Å². The third-order valence-corrected chi connectivity index (χ3v) is 2.66. The van der Waals surface area contributed by atoms with E-state index in [4.69, 9.17) is 14.3 Å². The third kappa shape index (κ3) is 5.34. The molecule has 0 saturated carbocycles. The van der Waals surface area contributed by atoms with Gasteiger partial charge in [0.05, 0.1) is 4.90 Å². The van der Waals surface area contributed by atoms with Gasteiger partial charge in [0.1, 0.15) is 5.75 Å². The van der Waals surface area contributed by atoms with E-state index in [9.17, 15) is 13.0 Å². The molecule has 0 aliphatic heterocycles. The molecule has 0 fully saturated rings. The maximum atomic E-state index is 10.6. The number of rotatable bonds is 3. The minimum atomic E-state index is -4.66. The summed E-state index contributed by atoms with van der Waals surface area (Å²) in [7, 11) is -8.97. The molecule has 88 valence electrons. The first-order valence-corrected chi connectivity index (χ1v) is 6.48. The molecule has 0 bridgehead atoms. The molecular formula is C6H7O7PSZr. The summed E-state index contributed by atoms with van der Waals surface area (Å²) in [5, 5.41) is 0. The van der Waals surface area contributed by atoms with Crippen molar-refractivity contribution in [2.45, 2.75) is 4.90 Å². The number of phosphoric ester groups is 1. The average Bonchev–Trinajstić information content (AvgIpc) is 2.00. The van der Waals surface area contributed by atoms with Crippen LogP contribution >= 0.6 is 7.82 Å². The first kappa shape index (κ1) is 16.0. The topological polar surface area (TPSA) is 121 Å². The molecule has 0 saturated heterocycles. The molecule has 7 nitrogen and oxygen atoms in total. The van der Waals surface area contributed by atoms with Crippen molar-refractivity contribution in [3.63, 3.8) is 0 Å². The zero-order valence-corrected chi connectivity index (χ0v) is 11.8. The summed E-state index contributed by atoms with van der Waals surface area (Å²) >= 11 is 0. The monoisotopic (exact) mass is 344 g/mol. The van der Waals surface area contributed by atoms with E-state index in [1.54, 1.807) is 0 Å². The molecular weight excluding hydrogens is 338 g/mol. The molecule has 3 N–H and O–H groups in total. The molecule has 16 heavy (non-hydrogen) atoms. The van der Waals surface area contributed by atoms with Crippen LogP contribution in [0, 0.1) is 0 Å². The molecule has 0 aliphatic carbocycles. The Hall–Kier alpha value is -0.0369. The van der Waals surface area contributed by atoms with Crippen molar-refractivity contribution >= 4 is 17.9 Å². The summed E-state index contributed by atoms with van der Waals surface area (Å²) in [6, 6.07) is 3.95. The van der Waals surface area contributed by atoms with Crippen LogP contribution in [0.5, 0.6) is 5.75 Å². The van der Waals surface area contributed by atoms with Crippen molar-refractivity contribution in [3.05, 3.63) is 24.3 Å². The summed E-state index contributed by atoms with van der Waals surface area (Å²) in [6.45, 7) is 0. The Morgan fingerprint density at radius 3 is 1.88 bits per heavy atom. The van der Waals surface area contributed by atoms with E-state index in [1.165, 1.54) is 0 Å². The largest absolute Gasteiger partial charge is 0.524 e. The normalized spacial score (nSPS) is 11.7. The number of phosphoric acid groups is 1. The molecule has 1 aromatic carbocycles. The van der Waals surface area contributed by atoms with Gasteiger partial charge in [0.2, 0.25) is 0 Å². The van der Waals surface area contributed by atoms with Crippen molar-refractivity contribution in [1.82, 2.24) is 0 Å². The Morgan fingerprint density at radius 1 is 1.12 bits per heavy atom. The fourth-order valence-corrected chi connectivity index (χ4v) is 1.69. The van der Waals surface area contributed by atoms with Gasteiger partial charge in [-0.05, 0) is 24.3 Å². The second-order valence-electron chi connectivity index (χ2n) is 2.53. The first-order valence-electron chi connectivity index (χ1n) is 3.51. The molecule has 0 aromatic heterocycles. The van der Waals surface area contributed by atoms with Gasteiger partial charge in [-0.15, -0.1) is 0 Å². The maximum Gasteiger partial charge on any atom is 0.524 e. The van der Waals surface area contributed by atoms with Crippen LogP contribution in [0.2, 0.25) is 0 Å². The van der Waals surface area contributed by atoms with Crippen LogP contribution in [-0.2, 0) is 40.9 Å². The molecule has 0 atom stereocenters. The summed E-state index contributed by atoms with van der Waals surface area (Å²) in [5.74, 6) is -0.198. The van der Waals surface area contributed by atoms with Gasteiger partial charge in [0.15, 0.2) is 0 Å². The second-order valence-corrected chi connectivity index (χ2v) is 5.11. The van der Waals surface area contributed by atoms with Gasteiger partial charge in [-0.3, -0.25) is 14.3 Å². The molecule has 0 aliphatic rings. The van der Waals surface area contributed by atoms with E-state index in [2.05, 4.69) is 4.52 Å². The van der Waals surface area contributed by atoms with E-state index < -0.39 is 17.9 Å². The van der Waals surface area contributed by atoms with Crippen molar-refractivity contribution in [2.24, 2.45) is 0 Å². The molecule has 0 amide bonds. The van der Waals surface area contributed by atoms with Crippen LogP contribution in [0.15, 0.2) is 29.2 Å². The fraction of sp³-hybridized carbons (Fsp3) is 0. The summed E-state index contributed by atoms with van der Waals surface area (Å²) in [5.41, 5.74) is 0. The van der Waals surface area contributed by atoms with Crippen LogP contribution in [0.3, 0.4) is 0 Å². The van der Waals surface area contributed by atoms with Gasteiger partial charge in [-0.1, -0.05) is 0 Å². The Morgan fingerprint density at radius 2 is 1.56 bits per heavy atom. The summed E-state index contributed by atoms with van der Waals surface area (Å²) in [4.78, 5) is 16.5. The van der Waals surface area contributed by atoms with Crippen molar-refractivity contribution in [2.75, 3.05) is 0 Å². The minimum Gasteiger partial charge on any atom is -0.404 e. The summed E-state index contributed by atoms with van der Waals surface area (Å²) in [6.07, 6.45) is 0. The molecule has 0 spiro atoms. The Kier molecular flexibility index (Phi) is 5.52. The van der Waals surface area contributed by atoms with Gasteiger partial charge >= 0.3 is 7.82 Å². The standard InChI is InChI=1S/C6H7O7PS.Zr/c7-14(8,9)13-5-1-3-6(4-2-5)15(10,11)12;/h1-4H,(H2,7,8,9)(H,10,11,12);. The molecule has 1 rings (SSSR count). The van der Waals surface area contributed by atoms with Crippen LogP contribution < -0.4 is 4.52 Å². The van der Waals surface area contributed by atoms with Crippen molar-refractivity contribution in [3.8, 4) is 5.75 Å². The van der Waals surface area contributed by atoms with E-state index in [0.717, 1.165) is 24.3 Å². The fourth-order valence-electron chi connectivity index (χ4n) is 0.810. The van der Waals surface area contributed by atoms with Gasteiger partial charge in [0, 0.05) is 26.2 Å².